The van der Waals surface area contributed by atoms with Crippen LogP contribution < -0.4 is 0 Å². The number of aromatic nitrogens is 3. The Morgan fingerprint density at radius 1 is 1.27 bits per heavy atom. The van der Waals surface area contributed by atoms with E-state index in [1.54, 1.807) is 6.20 Å². The summed E-state index contributed by atoms with van der Waals surface area (Å²) in [6, 6.07) is 9.70. The van der Waals surface area contributed by atoms with Gasteiger partial charge in [0.1, 0.15) is 0 Å². The zero-order valence-electron chi connectivity index (χ0n) is 12.7. The smallest absolute Gasteiger partial charge is 0.152 e. The number of carbonyl (C=O) groups is 1. The molecule has 1 aromatic carbocycles. The molecule has 5 heteroatoms. The minimum absolute atomic E-state index is 0.423. The Bertz CT molecular complexity index is 817. The van der Waals surface area contributed by atoms with Crippen LogP contribution in [-0.2, 0) is 13.1 Å². The third-order valence-corrected chi connectivity index (χ3v) is 3.84. The number of aryl methyl sites for hydroxylation is 2. The van der Waals surface area contributed by atoms with E-state index in [2.05, 4.69) is 5.10 Å². The molecule has 5 nitrogen and oxygen atoms in total. The molecule has 0 saturated carbocycles. The van der Waals surface area contributed by atoms with E-state index in [0.29, 0.717) is 18.7 Å². The van der Waals surface area contributed by atoms with Crippen LogP contribution in [0.2, 0.25) is 0 Å². The fourth-order valence-corrected chi connectivity index (χ4v) is 2.86. The number of hydrogen-bond acceptors (Lipinski definition) is 3. The van der Waals surface area contributed by atoms with Crippen molar-refractivity contribution in [3.63, 3.8) is 0 Å². The van der Waals surface area contributed by atoms with Crippen LogP contribution >= 0.6 is 0 Å². The average Bonchev–Trinajstić information content (AvgIpc) is 2.99. The quantitative estimate of drug-likeness (QED) is 0.735. The molecule has 114 valence electrons. The zero-order valence-corrected chi connectivity index (χ0v) is 12.7. The molecule has 0 radical (unpaired) electrons. The molecule has 0 aliphatic heterocycles. The number of fused-ring (bicyclic) bond motifs is 1. The normalized spacial score (nSPS) is 12.7. The fourth-order valence-electron chi connectivity index (χ4n) is 2.86. The number of aliphatic hydroxyl groups excluding tert-OH is 1. The Labute approximate surface area is 128 Å². The van der Waals surface area contributed by atoms with Crippen LogP contribution in [-0.4, -0.2) is 31.8 Å². The highest BCUT2D eigenvalue weighted by molar-refractivity contribution is 5.97. The number of carbonyl (C=O) groups excluding carboxylic acids is 1. The maximum Gasteiger partial charge on any atom is 0.152 e. The van der Waals surface area contributed by atoms with E-state index < -0.39 is 6.10 Å². The van der Waals surface area contributed by atoms with Gasteiger partial charge in [0.2, 0.25) is 0 Å². The highest BCUT2D eigenvalue weighted by Crippen LogP contribution is 2.20. The molecule has 3 rings (SSSR count). The van der Waals surface area contributed by atoms with E-state index in [1.165, 1.54) is 0 Å². The van der Waals surface area contributed by atoms with Gasteiger partial charge in [-0.05, 0) is 26.0 Å². The van der Waals surface area contributed by atoms with Gasteiger partial charge in [0, 0.05) is 28.4 Å². The molecule has 0 bridgehead atoms. The van der Waals surface area contributed by atoms with Crippen molar-refractivity contribution in [1.82, 2.24) is 14.3 Å². The van der Waals surface area contributed by atoms with Crippen LogP contribution in [0.3, 0.4) is 0 Å². The Balaban J connectivity index is 1.83. The fraction of sp³-hybridized carbons (Fsp3) is 0.294. The Kier molecular flexibility index (Phi) is 3.81. The van der Waals surface area contributed by atoms with Gasteiger partial charge in [0.25, 0.3) is 0 Å². The van der Waals surface area contributed by atoms with Crippen molar-refractivity contribution < 1.29 is 9.90 Å². The Hall–Kier alpha value is -2.40. The number of para-hydroxylation sites is 1. The van der Waals surface area contributed by atoms with Crippen molar-refractivity contribution in [3.05, 3.63) is 53.5 Å². The van der Waals surface area contributed by atoms with E-state index in [1.807, 2.05) is 53.4 Å². The topological polar surface area (TPSA) is 60.0 Å². The summed E-state index contributed by atoms with van der Waals surface area (Å²) in [7, 11) is 0. The van der Waals surface area contributed by atoms with Gasteiger partial charge >= 0.3 is 0 Å². The summed E-state index contributed by atoms with van der Waals surface area (Å²) in [6.45, 7) is 4.77. The van der Waals surface area contributed by atoms with E-state index >= 15 is 0 Å². The molecular weight excluding hydrogens is 278 g/mol. The van der Waals surface area contributed by atoms with Gasteiger partial charge in [-0.25, -0.2) is 0 Å². The first-order valence-electron chi connectivity index (χ1n) is 7.30. The Morgan fingerprint density at radius 3 is 2.73 bits per heavy atom. The van der Waals surface area contributed by atoms with Gasteiger partial charge in [-0.15, -0.1) is 0 Å². The second-order valence-electron chi connectivity index (χ2n) is 5.63. The summed E-state index contributed by atoms with van der Waals surface area (Å²) in [6.07, 6.45) is 2.07. The molecule has 3 aromatic rings. The minimum Gasteiger partial charge on any atom is -0.389 e. The van der Waals surface area contributed by atoms with E-state index in [0.717, 1.165) is 28.6 Å². The lowest BCUT2D eigenvalue weighted by molar-refractivity contribution is 0.112. The molecule has 2 heterocycles. The molecule has 0 fully saturated rings. The van der Waals surface area contributed by atoms with Crippen molar-refractivity contribution in [2.45, 2.75) is 33.0 Å². The van der Waals surface area contributed by atoms with Crippen molar-refractivity contribution in [2.24, 2.45) is 0 Å². The summed E-state index contributed by atoms with van der Waals surface area (Å²) in [4.78, 5) is 11.2. The number of rotatable bonds is 5. The molecule has 2 aromatic heterocycles. The highest BCUT2D eigenvalue weighted by Gasteiger charge is 2.13. The lowest BCUT2D eigenvalue weighted by Crippen LogP contribution is -2.23. The SMILES string of the molecule is Cc1cc(C)n(CC(O)Cn2cc(C=O)c3ccccc32)n1. The van der Waals surface area contributed by atoms with Crippen LogP contribution in [0.15, 0.2) is 36.5 Å². The zero-order chi connectivity index (χ0) is 15.7. The third-order valence-electron chi connectivity index (χ3n) is 3.84. The minimum atomic E-state index is -0.576. The molecule has 1 N–H and O–H groups in total. The highest BCUT2D eigenvalue weighted by atomic mass is 16.3. The number of benzene rings is 1. The van der Waals surface area contributed by atoms with Gasteiger partial charge in [-0.3, -0.25) is 9.48 Å². The second kappa shape index (κ2) is 5.77. The van der Waals surface area contributed by atoms with Crippen molar-refractivity contribution in [2.75, 3.05) is 0 Å². The monoisotopic (exact) mass is 297 g/mol. The standard InChI is InChI=1S/C17H19N3O2/c1-12-7-13(2)20(18-12)10-15(22)9-19-8-14(11-21)16-5-3-4-6-17(16)19/h3-8,11,15,22H,9-10H2,1-2H3. The van der Waals surface area contributed by atoms with Crippen molar-refractivity contribution in [1.29, 1.82) is 0 Å². The molecular formula is C17H19N3O2. The third kappa shape index (κ3) is 2.67. The maximum atomic E-state index is 11.2. The Morgan fingerprint density at radius 2 is 2.05 bits per heavy atom. The van der Waals surface area contributed by atoms with E-state index in [4.69, 9.17) is 0 Å². The lowest BCUT2D eigenvalue weighted by Gasteiger charge is -2.14. The van der Waals surface area contributed by atoms with Gasteiger partial charge in [0.15, 0.2) is 6.29 Å². The molecule has 1 unspecified atom stereocenters. The average molecular weight is 297 g/mol. The molecule has 0 saturated heterocycles. The first kappa shape index (κ1) is 14.5. The largest absolute Gasteiger partial charge is 0.389 e. The maximum absolute atomic E-state index is 11.2. The molecule has 0 aliphatic carbocycles. The molecule has 1 atom stereocenters. The molecule has 0 spiro atoms. The van der Waals surface area contributed by atoms with Crippen LogP contribution in [0.1, 0.15) is 21.7 Å². The van der Waals surface area contributed by atoms with Crippen molar-refractivity contribution >= 4 is 17.2 Å². The summed E-state index contributed by atoms with van der Waals surface area (Å²) < 4.78 is 3.74. The van der Waals surface area contributed by atoms with Crippen LogP contribution in [0.5, 0.6) is 0 Å². The van der Waals surface area contributed by atoms with Crippen LogP contribution in [0.4, 0.5) is 0 Å². The summed E-state index contributed by atoms with van der Waals surface area (Å²) in [5.74, 6) is 0. The summed E-state index contributed by atoms with van der Waals surface area (Å²) in [5.41, 5.74) is 3.58. The number of hydrogen-bond donors (Lipinski definition) is 1. The van der Waals surface area contributed by atoms with Gasteiger partial charge in [-0.2, -0.15) is 5.10 Å². The van der Waals surface area contributed by atoms with Crippen LogP contribution in [0, 0.1) is 13.8 Å². The van der Waals surface area contributed by atoms with Crippen molar-refractivity contribution in [3.8, 4) is 0 Å². The number of aliphatic hydroxyl groups is 1. The summed E-state index contributed by atoms with van der Waals surface area (Å²) >= 11 is 0. The van der Waals surface area contributed by atoms with Gasteiger partial charge in [-0.1, -0.05) is 18.2 Å². The molecule has 0 aliphatic rings. The first-order chi connectivity index (χ1) is 10.6. The predicted molar refractivity (Wildman–Crippen MR) is 85.0 cm³/mol. The second-order valence-corrected chi connectivity index (χ2v) is 5.63. The molecule has 0 amide bonds. The lowest BCUT2D eigenvalue weighted by atomic mass is 10.2. The number of nitrogens with zero attached hydrogens (tertiary/aromatic N) is 3. The van der Waals surface area contributed by atoms with Gasteiger partial charge < -0.3 is 9.67 Å². The molecule has 22 heavy (non-hydrogen) atoms. The summed E-state index contributed by atoms with van der Waals surface area (Å²) in [5, 5.41) is 15.6. The van der Waals surface area contributed by atoms with E-state index in [9.17, 15) is 9.90 Å². The predicted octanol–water partition coefficient (Wildman–Crippen LogP) is 2.33. The van der Waals surface area contributed by atoms with Crippen LogP contribution in [0.25, 0.3) is 10.9 Å². The van der Waals surface area contributed by atoms with Gasteiger partial charge in [0.05, 0.1) is 24.9 Å². The van der Waals surface area contributed by atoms with E-state index in [-0.39, 0.29) is 0 Å². The first-order valence-corrected chi connectivity index (χ1v) is 7.30. The number of aldehydes is 1.